The summed E-state index contributed by atoms with van der Waals surface area (Å²) in [6, 6.07) is 0. The summed E-state index contributed by atoms with van der Waals surface area (Å²) >= 11 is 0. The van der Waals surface area contributed by atoms with E-state index in [1.807, 2.05) is 0 Å². The summed E-state index contributed by atoms with van der Waals surface area (Å²) in [4.78, 5) is 23.7. The monoisotopic (exact) mass is 583 g/mol. The molecule has 1 aliphatic rings. The van der Waals surface area contributed by atoms with Gasteiger partial charge in [0.1, 0.15) is 18.9 Å². The summed E-state index contributed by atoms with van der Waals surface area (Å²) in [5.74, 6) is 8.57. The highest BCUT2D eigenvalue weighted by Gasteiger charge is 2.49. The maximum absolute atomic E-state index is 13.7. The van der Waals surface area contributed by atoms with Crippen molar-refractivity contribution in [3.05, 3.63) is 12.4 Å². The number of aliphatic hydroxyl groups excluding tert-OH is 1. The Hall–Kier alpha value is -3.21. The average molecular weight is 584 g/mol. The Bertz CT molecular complexity index is 1230. The lowest BCUT2D eigenvalue weighted by Gasteiger charge is -2.26. The number of unbranched alkanes of at least 4 members (excludes halogenated alkanes) is 13. The Kier molecular flexibility index (Phi) is 14.0. The maximum atomic E-state index is 13.7. The van der Waals surface area contributed by atoms with Gasteiger partial charge in [-0.15, -0.1) is 18.3 Å². The van der Waals surface area contributed by atoms with Crippen molar-refractivity contribution < 1.29 is 23.8 Å². The number of aromatic nitrogens is 4. The fourth-order valence-corrected chi connectivity index (χ4v) is 5.14. The number of nitrogens with two attached hydrogens (primary N) is 1. The number of halogens is 1. The zero-order valence-corrected chi connectivity index (χ0v) is 25.0. The molecule has 230 valence electrons. The fraction of sp³-hybridized carbons (Fsp3) is 0.688. The second kappa shape index (κ2) is 17.7. The standard InChI is InChI=1S/C32H46FN5O4/c1-3-5-6-7-8-9-10-11-12-13-14-15-16-17-18-19-20-21-27(40)41-23-32(4-2)25(39)22-26(42-32)38-24-35-28-29(34)36-31(33)37-30(28)38/h2,24-26,39H,3,5-10,13-23H2,1H3,(H2,34,36,37)/t25-,26+,32+/m0/s1. The molecule has 1 fully saturated rings. The van der Waals surface area contributed by atoms with Gasteiger partial charge in [0.2, 0.25) is 0 Å². The van der Waals surface area contributed by atoms with E-state index in [1.165, 1.54) is 62.3 Å². The van der Waals surface area contributed by atoms with Gasteiger partial charge in [0, 0.05) is 25.7 Å². The molecule has 0 aliphatic carbocycles. The Morgan fingerprint density at radius 1 is 1.10 bits per heavy atom. The molecule has 42 heavy (non-hydrogen) atoms. The lowest BCUT2D eigenvalue weighted by molar-refractivity contribution is -0.156. The first-order chi connectivity index (χ1) is 20.4. The van der Waals surface area contributed by atoms with Crippen LogP contribution in [0.2, 0.25) is 0 Å². The first kappa shape index (κ1) is 33.3. The van der Waals surface area contributed by atoms with Crippen molar-refractivity contribution in [1.29, 1.82) is 0 Å². The molecule has 10 heteroatoms. The number of carbonyl (C=O) groups is 1. The highest BCUT2D eigenvalue weighted by molar-refractivity contribution is 5.81. The van der Waals surface area contributed by atoms with Gasteiger partial charge in [-0.2, -0.15) is 14.4 Å². The zero-order valence-electron chi connectivity index (χ0n) is 25.0. The molecule has 9 nitrogen and oxygen atoms in total. The lowest BCUT2D eigenvalue weighted by Crippen LogP contribution is -2.43. The number of esters is 1. The van der Waals surface area contributed by atoms with Crippen molar-refractivity contribution in [2.24, 2.45) is 0 Å². The summed E-state index contributed by atoms with van der Waals surface area (Å²) in [7, 11) is 0. The molecule has 1 aliphatic heterocycles. The third-order valence-corrected chi connectivity index (χ3v) is 7.70. The molecule has 0 bridgehead atoms. The molecule has 2 aromatic rings. The summed E-state index contributed by atoms with van der Waals surface area (Å²) in [5, 5.41) is 10.7. The van der Waals surface area contributed by atoms with Gasteiger partial charge in [-0.25, -0.2) is 4.98 Å². The molecule has 0 radical (unpaired) electrons. The van der Waals surface area contributed by atoms with Crippen LogP contribution >= 0.6 is 0 Å². The number of ether oxygens (including phenoxy) is 2. The molecule has 2 aromatic heterocycles. The number of hydrogen-bond acceptors (Lipinski definition) is 8. The molecule has 0 amide bonds. The minimum Gasteiger partial charge on any atom is -0.461 e. The van der Waals surface area contributed by atoms with E-state index in [0.29, 0.717) is 0 Å². The number of hydrogen-bond donors (Lipinski definition) is 2. The summed E-state index contributed by atoms with van der Waals surface area (Å²) < 4.78 is 26.5. The van der Waals surface area contributed by atoms with Gasteiger partial charge < -0.3 is 20.3 Å². The van der Waals surface area contributed by atoms with Gasteiger partial charge >= 0.3 is 12.0 Å². The van der Waals surface area contributed by atoms with Crippen LogP contribution in [0.3, 0.4) is 0 Å². The van der Waals surface area contributed by atoms with Crippen molar-refractivity contribution in [2.75, 3.05) is 12.3 Å². The SMILES string of the molecule is C#C[C@]1(COC(=O)CCCCCCCCCC#CCCCCCCCC)O[C@@H](n2cnc3c(N)nc(F)nc32)C[C@@H]1O. The highest BCUT2D eigenvalue weighted by atomic mass is 19.1. The molecule has 0 saturated carbocycles. The number of nitrogen functional groups attached to an aromatic ring is 1. The second-order valence-corrected chi connectivity index (χ2v) is 11.1. The highest BCUT2D eigenvalue weighted by Crippen LogP contribution is 2.38. The first-order valence-electron chi connectivity index (χ1n) is 15.5. The zero-order chi connectivity index (χ0) is 30.2. The molecule has 3 rings (SSSR count). The van der Waals surface area contributed by atoms with Crippen molar-refractivity contribution in [1.82, 2.24) is 19.5 Å². The molecular weight excluding hydrogens is 537 g/mol. The van der Waals surface area contributed by atoms with E-state index in [1.54, 1.807) is 0 Å². The number of carbonyl (C=O) groups excluding carboxylic acids is 1. The van der Waals surface area contributed by atoms with E-state index in [9.17, 15) is 14.3 Å². The van der Waals surface area contributed by atoms with E-state index in [0.717, 1.165) is 44.9 Å². The second-order valence-electron chi connectivity index (χ2n) is 11.1. The van der Waals surface area contributed by atoms with Crippen LogP contribution in [-0.4, -0.2) is 48.9 Å². The number of anilines is 1. The fourth-order valence-electron chi connectivity index (χ4n) is 5.14. The van der Waals surface area contributed by atoms with Crippen LogP contribution in [0.5, 0.6) is 0 Å². The molecule has 3 heterocycles. The van der Waals surface area contributed by atoms with Crippen LogP contribution in [0.15, 0.2) is 6.33 Å². The van der Waals surface area contributed by atoms with E-state index >= 15 is 0 Å². The molecule has 3 N–H and O–H groups in total. The average Bonchev–Trinajstić information content (AvgIpc) is 3.54. The minimum absolute atomic E-state index is 0.0739. The van der Waals surface area contributed by atoms with Crippen molar-refractivity contribution in [2.45, 2.75) is 134 Å². The van der Waals surface area contributed by atoms with Crippen molar-refractivity contribution in [3.63, 3.8) is 0 Å². The molecule has 0 aromatic carbocycles. The van der Waals surface area contributed by atoms with E-state index in [2.05, 4.69) is 39.6 Å². The third kappa shape index (κ3) is 9.96. The van der Waals surface area contributed by atoms with Crippen molar-refractivity contribution in [3.8, 4) is 24.2 Å². The minimum atomic E-state index is -1.54. The van der Waals surface area contributed by atoms with Gasteiger partial charge in [-0.3, -0.25) is 9.36 Å². The number of terminal acetylenes is 1. The van der Waals surface area contributed by atoms with E-state index in [-0.39, 0.29) is 42.4 Å². The number of nitrogens with zero attached hydrogens (tertiary/aromatic N) is 4. The molecule has 1 saturated heterocycles. The molecule has 3 atom stereocenters. The lowest BCUT2D eigenvalue weighted by atomic mass is 9.99. The maximum Gasteiger partial charge on any atom is 0.312 e. The molecular formula is C32H46FN5O4. The number of imidazole rings is 1. The van der Waals surface area contributed by atoms with Crippen LogP contribution < -0.4 is 5.73 Å². The summed E-state index contributed by atoms with van der Waals surface area (Å²) in [6.45, 7) is 1.95. The summed E-state index contributed by atoms with van der Waals surface area (Å²) in [5.41, 5.74) is 4.52. The normalized spacial score (nSPS) is 19.9. The van der Waals surface area contributed by atoms with Crippen LogP contribution in [0.25, 0.3) is 11.2 Å². The van der Waals surface area contributed by atoms with Crippen LogP contribution in [0.4, 0.5) is 10.2 Å². The van der Waals surface area contributed by atoms with Crippen LogP contribution in [-0.2, 0) is 14.3 Å². The number of aliphatic hydroxyl groups is 1. The summed E-state index contributed by atoms with van der Waals surface area (Å²) in [6.07, 6.45) is 21.8. The van der Waals surface area contributed by atoms with Crippen molar-refractivity contribution >= 4 is 23.0 Å². The van der Waals surface area contributed by atoms with Gasteiger partial charge in [-0.1, -0.05) is 77.1 Å². The predicted octanol–water partition coefficient (Wildman–Crippen LogP) is 6.01. The number of fused-ring (bicyclic) bond motifs is 1. The van der Waals surface area contributed by atoms with Crippen LogP contribution in [0, 0.1) is 30.3 Å². The van der Waals surface area contributed by atoms with Gasteiger partial charge in [0.15, 0.2) is 22.6 Å². The number of rotatable bonds is 18. The van der Waals surface area contributed by atoms with E-state index < -0.39 is 24.0 Å². The third-order valence-electron chi connectivity index (χ3n) is 7.70. The van der Waals surface area contributed by atoms with Gasteiger partial charge in [0.05, 0.1) is 6.33 Å². The van der Waals surface area contributed by atoms with E-state index in [4.69, 9.17) is 21.6 Å². The smallest absolute Gasteiger partial charge is 0.312 e. The van der Waals surface area contributed by atoms with Gasteiger partial charge in [-0.05, 0) is 19.3 Å². The Balaban J connectivity index is 1.26. The van der Waals surface area contributed by atoms with Crippen LogP contribution in [0.1, 0.15) is 122 Å². The Morgan fingerprint density at radius 3 is 2.36 bits per heavy atom. The Morgan fingerprint density at radius 2 is 1.71 bits per heavy atom. The quantitative estimate of drug-likeness (QED) is 0.0946. The molecule has 0 unspecified atom stereocenters. The largest absolute Gasteiger partial charge is 0.461 e. The predicted molar refractivity (Wildman–Crippen MR) is 160 cm³/mol. The Labute approximate surface area is 249 Å². The molecule has 0 spiro atoms. The van der Waals surface area contributed by atoms with Gasteiger partial charge in [0.25, 0.3) is 0 Å². The topological polar surface area (TPSA) is 125 Å². The first-order valence-corrected chi connectivity index (χ1v) is 15.5.